The van der Waals surface area contributed by atoms with Crippen LogP contribution in [-0.2, 0) is 24.6 Å². The van der Waals surface area contributed by atoms with Crippen molar-refractivity contribution < 1.29 is 33.3 Å². The number of benzene rings is 3. The second-order valence-electron chi connectivity index (χ2n) is 10.6. The molecule has 1 saturated heterocycles. The molecule has 10 heteroatoms. The van der Waals surface area contributed by atoms with Crippen LogP contribution < -0.4 is 14.8 Å². The number of fused-ring (bicyclic) bond motifs is 1. The van der Waals surface area contributed by atoms with Crippen LogP contribution in [0.3, 0.4) is 0 Å². The molecule has 1 N–H and O–H groups in total. The van der Waals surface area contributed by atoms with E-state index in [0.717, 1.165) is 33.8 Å². The van der Waals surface area contributed by atoms with Crippen LogP contribution in [0.15, 0.2) is 95.8 Å². The highest BCUT2D eigenvalue weighted by Crippen LogP contribution is 2.42. The molecular weight excluding hydrogens is 574 g/mol. The molecule has 3 aromatic carbocycles. The Morgan fingerprint density at radius 3 is 2.24 bits per heavy atom. The van der Waals surface area contributed by atoms with Gasteiger partial charge in [0, 0.05) is 24.6 Å². The predicted molar refractivity (Wildman–Crippen MR) is 166 cm³/mol. The summed E-state index contributed by atoms with van der Waals surface area (Å²) in [7, 11) is 3.27. The summed E-state index contributed by atoms with van der Waals surface area (Å²) in [4.78, 5) is 19.7. The number of nitrogens with one attached hydrogen (secondary N) is 1. The van der Waals surface area contributed by atoms with Gasteiger partial charge in [0.15, 0.2) is 12.1 Å². The van der Waals surface area contributed by atoms with E-state index < -0.39 is 30.1 Å². The normalized spacial score (nSPS) is 21.0. The molecule has 3 aromatic rings. The Bertz CT molecular complexity index is 1530. The van der Waals surface area contributed by atoms with Crippen molar-refractivity contribution in [2.24, 2.45) is 5.16 Å². The van der Waals surface area contributed by atoms with E-state index in [4.69, 9.17) is 34.9 Å². The number of amidine groups is 1. The summed E-state index contributed by atoms with van der Waals surface area (Å²) >= 11 is 0. The maximum absolute atomic E-state index is 13.1. The number of urea groups is 1. The molecule has 0 spiro atoms. The van der Waals surface area contributed by atoms with E-state index in [1.165, 1.54) is 4.90 Å². The summed E-state index contributed by atoms with van der Waals surface area (Å²) in [5.74, 6) is 4.36. The van der Waals surface area contributed by atoms with Gasteiger partial charge in [-0.25, -0.2) is 4.79 Å². The van der Waals surface area contributed by atoms with Crippen LogP contribution in [0, 0.1) is 18.8 Å². The second-order valence-corrected chi connectivity index (χ2v) is 10.6. The SMILES string of the molecule is C#CCO[C@@H]1[CH][C@H](COC(c2ccccc2)(c2ccc(OC)cc2)c2ccc(OC)cc2)O[C@H]1N1C=C2CCON=C2NC1=O. The molecule has 0 bridgehead atoms. The van der Waals surface area contributed by atoms with Gasteiger partial charge in [0.05, 0.1) is 26.9 Å². The Morgan fingerprint density at radius 1 is 0.978 bits per heavy atom. The highest BCUT2D eigenvalue weighted by molar-refractivity contribution is 6.09. The van der Waals surface area contributed by atoms with Crippen LogP contribution in [0.2, 0.25) is 0 Å². The zero-order chi connectivity index (χ0) is 31.2. The number of oxime groups is 1. The highest BCUT2D eigenvalue weighted by atomic mass is 16.6. The zero-order valence-corrected chi connectivity index (χ0v) is 25.1. The number of terminal acetylenes is 1. The summed E-state index contributed by atoms with van der Waals surface area (Å²) in [5.41, 5.74) is 2.49. The third-order valence-electron chi connectivity index (χ3n) is 7.95. The molecule has 3 aliphatic heterocycles. The van der Waals surface area contributed by atoms with Crippen molar-refractivity contribution in [1.82, 2.24) is 10.2 Å². The Balaban J connectivity index is 1.34. The summed E-state index contributed by atoms with van der Waals surface area (Å²) in [5, 5.41) is 6.74. The molecule has 3 aliphatic rings. The number of amides is 2. The largest absolute Gasteiger partial charge is 0.497 e. The Hall–Kier alpha value is -4.82. The maximum atomic E-state index is 13.1. The van der Waals surface area contributed by atoms with Gasteiger partial charge in [-0.3, -0.25) is 10.2 Å². The molecule has 45 heavy (non-hydrogen) atoms. The fraction of sp³-hybridized carbons (Fsp3) is 0.286. The van der Waals surface area contributed by atoms with Crippen LogP contribution in [0.25, 0.3) is 0 Å². The molecule has 0 aromatic heterocycles. The first kappa shape index (κ1) is 30.2. The van der Waals surface area contributed by atoms with E-state index in [1.54, 1.807) is 20.4 Å². The van der Waals surface area contributed by atoms with E-state index in [9.17, 15) is 4.79 Å². The van der Waals surface area contributed by atoms with E-state index in [1.807, 2.05) is 85.3 Å². The van der Waals surface area contributed by atoms with Gasteiger partial charge in [0.1, 0.15) is 36.4 Å². The van der Waals surface area contributed by atoms with Crippen LogP contribution in [0.5, 0.6) is 11.5 Å². The number of methoxy groups -OCH3 is 2. The van der Waals surface area contributed by atoms with Gasteiger partial charge in [-0.15, -0.1) is 6.42 Å². The lowest BCUT2D eigenvalue weighted by molar-refractivity contribution is -0.0985. The summed E-state index contributed by atoms with van der Waals surface area (Å²) < 4.78 is 30.4. The Labute approximate surface area is 262 Å². The topological polar surface area (TPSA) is 100 Å². The third-order valence-corrected chi connectivity index (χ3v) is 7.95. The zero-order valence-electron chi connectivity index (χ0n) is 25.1. The van der Waals surface area contributed by atoms with Crippen LogP contribution in [0.1, 0.15) is 23.1 Å². The lowest BCUT2D eigenvalue weighted by Crippen LogP contribution is -2.53. The molecule has 0 unspecified atom stereocenters. The molecule has 6 rings (SSSR count). The van der Waals surface area contributed by atoms with Crippen molar-refractivity contribution in [2.45, 2.75) is 30.5 Å². The average molecular weight is 609 g/mol. The van der Waals surface area contributed by atoms with Gasteiger partial charge in [-0.1, -0.05) is 65.7 Å². The highest BCUT2D eigenvalue weighted by Gasteiger charge is 2.45. The fourth-order valence-electron chi connectivity index (χ4n) is 5.74. The van der Waals surface area contributed by atoms with Gasteiger partial charge in [0.2, 0.25) is 0 Å². The minimum atomic E-state index is -1.04. The van der Waals surface area contributed by atoms with E-state index in [-0.39, 0.29) is 13.2 Å². The standard InChI is InChI=1S/C35H34N3O7/c1-4-19-42-31-21-30(45-33(31)38-22-24-18-20-44-37-32(24)36-34(38)39)23-43-35(25-8-6-5-7-9-25,26-10-14-28(40-2)15-11-26)27-12-16-29(41-3)17-13-27/h1,5-17,21-22,30-31,33H,18-20,23H2,2-3H3,(H,36,37,39)/t30-,31-,33-/m1/s1. The van der Waals surface area contributed by atoms with Crippen LogP contribution in [-0.4, -0.2) is 69.2 Å². The van der Waals surface area contributed by atoms with E-state index in [2.05, 4.69) is 16.4 Å². The molecule has 3 heterocycles. The van der Waals surface area contributed by atoms with Gasteiger partial charge < -0.3 is 28.5 Å². The first-order valence-electron chi connectivity index (χ1n) is 14.6. The van der Waals surface area contributed by atoms with Crippen molar-refractivity contribution in [2.75, 3.05) is 34.0 Å². The molecule has 3 atom stereocenters. The molecular formula is C35H34N3O7. The minimum absolute atomic E-state index is 0.0484. The van der Waals surface area contributed by atoms with Crippen molar-refractivity contribution in [3.63, 3.8) is 0 Å². The molecule has 10 nitrogen and oxygen atoms in total. The van der Waals surface area contributed by atoms with Gasteiger partial charge in [0.25, 0.3) is 0 Å². The number of hydrogen-bond donors (Lipinski definition) is 1. The molecule has 0 aliphatic carbocycles. The molecule has 0 saturated carbocycles. The predicted octanol–water partition coefficient (Wildman–Crippen LogP) is 4.60. The lowest BCUT2D eigenvalue weighted by atomic mass is 9.80. The lowest BCUT2D eigenvalue weighted by Gasteiger charge is -2.37. The Morgan fingerprint density at radius 2 is 1.62 bits per heavy atom. The van der Waals surface area contributed by atoms with Crippen LogP contribution >= 0.6 is 0 Å². The number of nitrogens with zero attached hydrogens (tertiary/aromatic N) is 2. The second kappa shape index (κ2) is 13.4. The number of rotatable bonds is 11. The molecule has 231 valence electrons. The van der Waals surface area contributed by atoms with Crippen molar-refractivity contribution in [1.29, 1.82) is 0 Å². The number of carbonyl (C=O) groups excluding carboxylic acids is 1. The summed E-state index contributed by atoms with van der Waals surface area (Å²) in [6.07, 6.45) is 7.80. The van der Waals surface area contributed by atoms with Gasteiger partial charge in [-0.2, -0.15) is 0 Å². The molecule has 1 radical (unpaired) electrons. The number of hydrogen-bond acceptors (Lipinski definition) is 8. The number of ether oxygens (including phenoxy) is 5. The Kier molecular flexibility index (Phi) is 9.03. The number of carbonyl (C=O) groups is 1. The molecule has 2 amide bonds. The quantitative estimate of drug-likeness (QED) is 0.251. The van der Waals surface area contributed by atoms with Gasteiger partial charge >= 0.3 is 6.03 Å². The summed E-state index contributed by atoms with van der Waals surface area (Å²) in [6, 6.07) is 25.2. The summed E-state index contributed by atoms with van der Waals surface area (Å²) in [6.45, 7) is 0.598. The first-order valence-corrected chi connectivity index (χ1v) is 14.6. The van der Waals surface area contributed by atoms with Crippen LogP contribution in [0.4, 0.5) is 4.79 Å². The third kappa shape index (κ3) is 6.11. The van der Waals surface area contributed by atoms with E-state index in [0.29, 0.717) is 18.9 Å². The maximum Gasteiger partial charge on any atom is 0.329 e. The van der Waals surface area contributed by atoms with Crippen molar-refractivity contribution in [3.8, 4) is 23.8 Å². The average Bonchev–Trinajstić information content (AvgIpc) is 3.50. The first-order chi connectivity index (χ1) is 22.0. The van der Waals surface area contributed by atoms with Crippen molar-refractivity contribution >= 4 is 11.9 Å². The van der Waals surface area contributed by atoms with Crippen molar-refractivity contribution in [3.05, 3.63) is 114 Å². The van der Waals surface area contributed by atoms with Gasteiger partial charge in [-0.05, 0) is 41.0 Å². The fourth-order valence-corrected chi connectivity index (χ4v) is 5.74. The molecule has 1 fully saturated rings. The van der Waals surface area contributed by atoms with E-state index >= 15 is 0 Å². The smallest absolute Gasteiger partial charge is 0.329 e. The monoisotopic (exact) mass is 608 g/mol. The minimum Gasteiger partial charge on any atom is -0.497 e.